The highest BCUT2D eigenvalue weighted by atomic mass is 16.5. The summed E-state index contributed by atoms with van der Waals surface area (Å²) in [6, 6.07) is 3.65. The lowest BCUT2D eigenvalue weighted by Gasteiger charge is -2.08. The molecule has 0 amide bonds. The number of nitrogens with zero attached hydrogens (tertiary/aromatic N) is 2. The Morgan fingerprint density at radius 1 is 1.17 bits per heavy atom. The van der Waals surface area contributed by atoms with Gasteiger partial charge in [0.05, 0.1) is 19.9 Å². The number of aromatic nitrogens is 2. The van der Waals surface area contributed by atoms with Gasteiger partial charge in [-0.25, -0.2) is 0 Å². The third-order valence-corrected chi connectivity index (χ3v) is 4.41. The number of hydrogen-bond acceptors (Lipinski definition) is 4. The van der Waals surface area contributed by atoms with E-state index in [1.54, 1.807) is 20.3 Å². The second-order valence-corrected chi connectivity index (χ2v) is 5.75. The Labute approximate surface area is 135 Å². The molecule has 5 heteroatoms. The van der Waals surface area contributed by atoms with Crippen molar-refractivity contribution < 1.29 is 14.3 Å². The summed E-state index contributed by atoms with van der Waals surface area (Å²) < 4.78 is 12.5. The maximum absolute atomic E-state index is 12.7. The van der Waals surface area contributed by atoms with Crippen LogP contribution in [0.25, 0.3) is 6.08 Å². The second kappa shape index (κ2) is 5.57. The number of hydrogen-bond donors (Lipinski definition) is 0. The van der Waals surface area contributed by atoms with Crippen molar-refractivity contribution in [1.82, 2.24) is 9.78 Å². The van der Waals surface area contributed by atoms with Crippen LogP contribution in [0.1, 0.15) is 32.9 Å². The van der Waals surface area contributed by atoms with Gasteiger partial charge < -0.3 is 9.47 Å². The lowest BCUT2D eigenvalue weighted by Crippen LogP contribution is -1.98. The molecule has 0 N–H and O–H groups in total. The van der Waals surface area contributed by atoms with Crippen molar-refractivity contribution in [3.63, 3.8) is 0 Å². The average molecular weight is 312 g/mol. The first-order valence-electron chi connectivity index (χ1n) is 7.46. The predicted molar refractivity (Wildman–Crippen MR) is 88.2 cm³/mol. The standard InChI is InChI=1S/C18H20N2O3/c1-10-14(11(2)20(3)19-10)7-13-6-12-8-16(22-4)17(23-5)9-15(12)18(13)21/h7-9H,6H2,1-5H3. The highest BCUT2D eigenvalue weighted by Crippen LogP contribution is 2.37. The zero-order valence-corrected chi connectivity index (χ0v) is 14.1. The average Bonchev–Trinajstić information content (AvgIpc) is 2.97. The number of carbonyl (C=O) groups excluding carboxylic acids is 1. The number of methoxy groups -OCH3 is 2. The van der Waals surface area contributed by atoms with E-state index in [2.05, 4.69) is 5.10 Å². The monoisotopic (exact) mass is 312 g/mol. The minimum atomic E-state index is 0.0450. The molecule has 0 saturated carbocycles. The largest absolute Gasteiger partial charge is 0.493 e. The van der Waals surface area contributed by atoms with Crippen molar-refractivity contribution in [2.75, 3.05) is 14.2 Å². The maximum atomic E-state index is 12.7. The van der Waals surface area contributed by atoms with E-state index in [-0.39, 0.29) is 5.78 Å². The van der Waals surface area contributed by atoms with Crippen molar-refractivity contribution in [3.8, 4) is 11.5 Å². The first-order chi connectivity index (χ1) is 11.0. The fourth-order valence-electron chi connectivity index (χ4n) is 3.03. The Bertz CT molecular complexity index is 831. The molecule has 3 rings (SSSR count). The zero-order chi connectivity index (χ0) is 16.7. The first-order valence-corrected chi connectivity index (χ1v) is 7.46. The molecule has 1 aliphatic carbocycles. The van der Waals surface area contributed by atoms with Gasteiger partial charge in [-0.2, -0.15) is 5.10 Å². The van der Waals surface area contributed by atoms with Crippen LogP contribution in [-0.2, 0) is 13.5 Å². The molecule has 0 atom stereocenters. The zero-order valence-electron chi connectivity index (χ0n) is 14.1. The molecule has 2 aromatic rings. The Kier molecular flexibility index (Phi) is 3.72. The minimum absolute atomic E-state index is 0.0450. The molecule has 0 fully saturated rings. The van der Waals surface area contributed by atoms with Gasteiger partial charge in [-0.1, -0.05) is 0 Å². The summed E-state index contributed by atoms with van der Waals surface area (Å²) in [6.07, 6.45) is 2.56. The van der Waals surface area contributed by atoms with Gasteiger partial charge in [-0.3, -0.25) is 9.48 Å². The minimum Gasteiger partial charge on any atom is -0.493 e. The van der Waals surface area contributed by atoms with Crippen molar-refractivity contribution >= 4 is 11.9 Å². The third-order valence-electron chi connectivity index (χ3n) is 4.41. The topological polar surface area (TPSA) is 53.4 Å². The lowest BCUT2D eigenvalue weighted by molar-refractivity contribution is 0.104. The van der Waals surface area contributed by atoms with Gasteiger partial charge in [-0.05, 0) is 37.6 Å². The van der Waals surface area contributed by atoms with Crippen molar-refractivity contribution in [1.29, 1.82) is 0 Å². The van der Waals surface area contributed by atoms with E-state index in [0.29, 0.717) is 23.5 Å². The van der Waals surface area contributed by atoms with E-state index in [9.17, 15) is 4.79 Å². The highest BCUT2D eigenvalue weighted by Gasteiger charge is 2.27. The van der Waals surface area contributed by atoms with Crippen LogP contribution >= 0.6 is 0 Å². The molecule has 0 radical (unpaired) electrons. The van der Waals surface area contributed by atoms with E-state index < -0.39 is 0 Å². The third kappa shape index (κ3) is 2.42. The molecule has 5 nitrogen and oxygen atoms in total. The molecule has 120 valence electrons. The number of fused-ring (bicyclic) bond motifs is 1. The fraction of sp³-hybridized carbons (Fsp3) is 0.333. The fourth-order valence-corrected chi connectivity index (χ4v) is 3.03. The van der Waals surface area contributed by atoms with Crippen LogP contribution in [-0.4, -0.2) is 29.8 Å². The van der Waals surface area contributed by atoms with Crippen LogP contribution in [0.3, 0.4) is 0 Å². The summed E-state index contributed by atoms with van der Waals surface area (Å²) in [7, 11) is 5.08. The first kappa shape index (κ1) is 15.3. The van der Waals surface area contributed by atoms with Gasteiger partial charge in [0.15, 0.2) is 17.3 Å². The molecular weight excluding hydrogens is 292 g/mol. The van der Waals surface area contributed by atoms with E-state index in [4.69, 9.17) is 9.47 Å². The summed E-state index contributed by atoms with van der Waals surface area (Å²) in [5.74, 6) is 1.27. The lowest BCUT2D eigenvalue weighted by atomic mass is 10.1. The summed E-state index contributed by atoms with van der Waals surface area (Å²) in [5.41, 5.74) is 5.42. The molecule has 1 aromatic carbocycles. The summed E-state index contributed by atoms with van der Waals surface area (Å²) in [4.78, 5) is 12.7. The molecule has 0 unspecified atom stereocenters. The van der Waals surface area contributed by atoms with Crippen molar-refractivity contribution in [2.24, 2.45) is 7.05 Å². The summed E-state index contributed by atoms with van der Waals surface area (Å²) in [5, 5.41) is 4.40. The number of carbonyl (C=O) groups is 1. The van der Waals surface area contributed by atoms with Crippen molar-refractivity contribution in [2.45, 2.75) is 20.3 Å². The molecule has 0 spiro atoms. The number of allylic oxidation sites excluding steroid dienone is 1. The Balaban J connectivity index is 2.05. The molecule has 0 bridgehead atoms. The molecule has 23 heavy (non-hydrogen) atoms. The summed E-state index contributed by atoms with van der Waals surface area (Å²) >= 11 is 0. The van der Waals surface area contributed by atoms with Gasteiger partial charge in [0.25, 0.3) is 0 Å². The van der Waals surface area contributed by atoms with E-state index in [1.807, 2.05) is 37.7 Å². The summed E-state index contributed by atoms with van der Waals surface area (Å²) in [6.45, 7) is 3.96. The van der Waals surface area contributed by atoms with Gasteiger partial charge >= 0.3 is 0 Å². The molecule has 1 aromatic heterocycles. The Morgan fingerprint density at radius 3 is 2.39 bits per heavy atom. The van der Waals surface area contributed by atoms with Gasteiger partial charge in [0, 0.05) is 35.9 Å². The van der Waals surface area contributed by atoms with Gasteiger partial charge in [-0.15, -0.1) is 0 Å². The molecule has 0 aliphatic heterocycles. The van der Waals surface area contributed by atoms with Crippen LogP contribution in [0.15, 0.2) is 17.7 Å². The predicted octanol–water partition coefficient (Wildman–Crippen LogP) is 2.88. The number of Topliss-reactive ketones (excluding diaryl/α,β-unsaturated/α-hetero) is 1. The van der Waals surface area contributed by atoms with E-state index >= 15 is 0 Å². The van der Waals surface area contributed by atoms with Gasteiger partial charge in [0.1, 0.15) is 0 Å². The highest BCUT2D eigenvalue weighted by molar-refractivity contribution is 6.16. The smallest absolute Gasteiger partial charge is 0.189 e. The molecule has 0 saturated heterocycles. The second-order valence-electron chi connectivity index (χ2n) is 5.75. The molecule has 1 heterocycles. The normalized spacial score (nSPS) is 15.2. The quantitative estimate of drug-likeness (QED) is 0.818. The van der Waals surface area contributed by atoms with Crippen molar-refractivity contribution in [3.05, 3.63) is 45.8 Å². The Morgan fingerprint density at radius 2 is 1.83 bits per heavy atom. The number of rotatable bonds is 3. The Hall–Kier alpha value is -2.56. The molecular formula is C18H20N2O3. The number of ether oxygens (including phenoxy) is 2. The number of aryl methyl sites for hydroxylation is 2. The number of benzene rings is 1. The van der Waals surface area contributed by atoms with Crippen LogP contribution < -0.4 is 9.47 Å². The SMILES string of the molecule is COc1cc2c(cc1OC)C(=O)C(=Cc1c(C)nn(C)c1C)C2. The van der Waals surface area contributed by atoms with Crippen LogP contribution in [0.5, 0.6) is 11.5 Å². The van der Waals surface area contributed by atoms with E-state index in [0.717, 1.165) is 28.1 Å². The van der Waals surface area contributed by atoms with Crippen LogP contribution in [0.4, 0.5) is 0 Å². The molecule has 1 aliphatic rings. The van der Waals surface area contributed by atoms with E-state index in [1.165, 1.54) is 0 Å². The number of ketones is 1. The maximum Gasteiger partial charge on any atom is 0.189 e. The van der Waals surface area contributed by atoms with Crippen LogP contribution in [0.2, 0.25) is 0 Å². The van der Waals surface area contributed by atoms with Gasteiger partial charge in [0.2, 0.25) is 0 Å². The van der Waals surface area contributed by atoms with Crippen LogP contribution in [0, 0.1) is 13.8 Å².